The predicted octanol–water partition coefficient (Wildman–Crippen LogP) is 13.3. The standard InChI is InChI=1S/C39H43F19N2O6Si/c1-19(2)67(20(3)4,17-14-32(42,43)33(44,45)34(46,47)35(48,49)36(50,51)37(52,53)38(54,55)39(56,57)58)65-16-15-64-26-11-8-24(9-12-26)29(22(6)21(5)23(7)30(61)60-63)66-31(62)59-28-13-10-25(40)18-27(28)41/h8-13,18-20,22,29,63H,14-17H2,1-7H3,(H,59,62)(H,60,61)/b23-21+/t22-,29+/m0/s1. The molecule has 0 aliphatic carbocycles. The van der Waals surface area contributed by atoms with Crippen LogP contribution in [0.5, 0.6) is 5.75 Å². The van der Waals surface area contributed by atoms with Crippen molar-refractivity contribution in [3.05, 3.63) is 70.8 Å². The Balaban J connectivity index is 2.36. The molecule has 0 aliphatic rings. The summed E-state index contributed by atoms with van der Waals surface area (Å²) >= 11 is 0. The fourth-order valence-electron chi connectivity index (χ4n) is 6.64. The van der Waals surface area contributed by atoms with E-state index in [1.807, 2.05) is 0 Å². The minimum Gasteiger partial charge on any atom is -0.491 e. The Bertz CT molecular complexity index is 2060. The molecule has 67 heavy (non-hydrogen) atoms. The molecule has 28 heteroatoms. The zero-order valence-electron chi connectivity index (χ0n) is 35.8. The zero-order chi connectivity index (χ0) is 52.3. The number of ether oxygens (including phenoxy) is 2. The largest absolute Gasteiger partial charge is 0.491 e. The van der Waals surface area contributed by atoms with E-state index in [2.05, 4.69) is 5.32 Å². The first-order valence-electron chi connectivity index (χ1n) is 19.3. The summed E-state index contributed by atoms with van der Waals surface area (Å²) in [4.78, 5) is 25.0. The number of benzene rings is 2. The van der Waals surface area contributed by atoms with Gasteiger partial charge in [-0.2, -0.15) is 74.6 Å². The Kier molecular flexibility index (Phi) is 18.1. The highest BCUT2D eigenvalue weighted by molar-refractivity contribution is 6.76. The van der Waals surface area contributed by atoms with E-state index in [9.17, 15) is 84.2 Å². The SMILES string of the molecule is C/C(C(=O)NO)=C(/C)[C@H](C)[C@@H](OC(=O)Nc1ccc(F)cc1F)c1ccc(OCCO[Si](CCC(F)(F)C(F)(F)C(F)(F)C(F)(F)C(F)(F)C(F)(F)C(F)(F)C(F)(F)F)(C(C)C)C(C)C)cc1. The molecular weight excluding hydrogens is 981 g/mol. The lowest BCUT2D eigenvalue weighted by molar-refractivity contribution is -0.461. The van der Waals surface area contributed by atoms with Crippen LogP contribution < -0.4 is 15.5 Å². The summed E-state index contributed by atoms with van der Waals surface area (Å²) in [6, 6.07) is 6.07. The van der Waals surface area contributed by atoms with Crippen LogP contribution in [0.15, 0.2) is 53.6 Å². The van der Waals surface area contributed by atoms with E-state index in [1.165, 1.54) is 78.2 Å². The highest BCUT2D eigenvalue weighted by Gasteiger charge is 2.95. The Labute approximate surface area is 370 Å². The van der Waals surface area contributed by atoms with Crippen molar-refractivity contribution >= 4 is 26.0 Å². The van der Waals surface area contributed by atoms with Crippen molar-refractivity contribution in [2.75, 3.05) is 18.5 Å². The van der Waals surface area contributed by atoms with Gasteiger partial charge < -0.3 is 13.9 Å². The lowest BCUT2D eigenvalue weighted by Crippen LogP contribution is -2.74. The van der Waals surface area contributed by atoms with E-state index < -0.39 is 134 Å². The molecular formula is C39H43F19N2O6Si. The van der Waals surface area contributed by atoms with Crippen LogP contribution in [0.4, 0.5) is 93.9 Å². The summed E-state index contributed by atoms with van der Waals surface area (Å²) in [5.41, 5.74) is -0.425. The topological polar surface area (TPSA) is 106 Å². The van der Waals surface area contributed by atoms with Crippen LogP contribution in [0.2, 0.25) is 17.1 Å². The molecule has 2 rings (SSSR count). The number of halogens is 19. The van der Waals surface area contributed by atoms with E-state index in [0.29, 0.717) is 6.07 Å². The average molecular weight is 1020 g/mol. The number of rotatable bonds is 22. The van der Waals surface area contributed by atoms with Crippen molar-refractivity contribution in [1.82, 2.24) is 5.48 Å². The third-order valence-electron chi connectivity index (χ3n) is 11.1. The number of nitrogens with one attached hydrogen (secondary N) is 2. The van der Waals surface area contributed by atoms with E-state index >= 15 is 8.78 Å². The first-order valence-corrected chi connectivity index (χ1v) is 21.6. The number of alkyl halides is 17. The van der Waals surface area contributed by atoms with E-state index in [0.717, 1.165) is 12.1 Å². The summed E-state index contributed by atoms with van der Waals surface area (Å²) in [6.07, 6.45) is -13.0. The van der Waals surface area contributed by atoms with Crippen LogP contribution in [-0.2, 0) is 14.0 Å². The van der Waals surface area contributed by atoms with Gasteiger partial charge in [0, 0.05) is 24.0 Å². The third kappa shape index (κ3) is 11.4. The van der Waals surface area contributed by atoms with Crippen molar-refractivity contribution in [3.63, 3.8) is 0 Å². The van der Waals surface area contributed by atoms with Gasteiger partial charge in [0.2, 0.25) is 0 Å². The molecule has 382 valence electrons. The highest BCUT2D eigenvalue weighted by Crippen LogP contribution is 2.64. The van der Waals surface area contributed by atoms with Crippen LogP contribution in [0.25, 0.3) is 0 Å². The van der Waals surface area contributed by atoms with E-state index in [-0.39, 0.29) is 22.5 Å². The second kappa shape index (κ2) is 20.6. The van der Waals surface area contributed by atoms with Gasteiger partial charge >= 0.3 is 53.7 Å². The number of carbonyl (C=O) groups excluding carboxylic acids is 2. The maximum atomic E-state index is 15.0. The van der Waals surface area contributed by atoms with Gasteiger partial charge in [-0.1, -0.05) is 52.3 Å². The molecule has 0 unspecified atom stereocenters. The molecule has 0 radical (unpaired) electrons. The van der Waals surface area contributed by atoms with Crippen LogP contribution in [0.1, 0.15) is 66.6 Å². The molecule has 0 saturated heterocycles. The molecule has 0 fully saturated rings. The predicted molar refractivity (Wildman–Crippen MR) is 201 cm³/mol. The van der Waals surface area contributed by atoms with Gasteiger partial charge in [-0.05, 0) is 60.8 Å². The van der Waals surface area contributed by atoms with Crippen molar-refractivity contribution in [1.29, 1.82) is 0 Å². The van der Waals surface area contributed by atoms with Crippen LogP contribution in [0, 0.1) is 17.6 Å². The maximum Gasteiger partial charge on any atom is 0.460 e. The number of hydroxylamine groups is 1. The molecule has 2 aromatic carbocycles. The van der Waals surface area contributed by atoms with Crippen LogP contribution in [-0.4, -0.2) is 86.4 Å². The Hall–Kier alpha value is -4.47. The summed E-state index contributed by atoms with van der Waals surface area (Å²) in [7, 11) is -4.08. The van der Waals surface area contributed by atoms with Crippen molar-refractivity contribution in [2.45, 2.75) is 126 Å². The number of hydrogen-bond donors (Lipinski definition) is 3. The van der Waals surface area contributed by atoms with E-state index in [4.69, 9.17) is 19.1 Å². The van der Waals surface area contributed by atoms with Crippen molar-refractivity contribution in [3.8, 4) is 5.75 Å². The molecule has 0 bridgehead atoms. The Morgan fingerprint density at radius 1 is 0.672 bits per heavy atom. The summed E-state index contributed by atoms with van der Waals surface area (Å²) < 4.78 is 280. The minimum absolute atomic E-state index is 0.00195. The van der Waals surface area contributed by atoms with Crippen LogP contribution >= 0.6 is 0 Å². The number of anilines is 1. The first kappa shape index (κ1) is 58.7. The van der Waals surface area contributed by atoms with Crippen LogP contribution in [0.3, 0.4) is 0 Å². The molecule has 0 spiro atoms. The van der Waals surface area contributed by atoms with Gasteiger partial charge in [0.25, 0.3) is 5.91 Å². The van der Waals surface area contributed by atoms with Gasteiger partial charge in [0.05, 0.1) is 12.3 Å². The molecule has 2 amide bonds. The molecule has 0 aromatic heterocycles. The monoisotopic (exact) mass is 1020 g/mol. The van der Waals surface area contributed by atoms with Gasteiger partial charge in [0.15, 0.2) is 8.32 Å². The van der Waals surface area contributed by atoms with Gasteiger partial charge in [0.1, 0.15) is 30.1 Å². The summed E-state index contributed by atoms with van der Waals surface area (Å²) in [5.74, 6) is -60.9. The van der Waals surface area contributed by atoms with Crippen molar-refractivity contribution < 1.29 is 112 Å². The molecule has 0 aliphatic heterocycles. The lowest BCUT2D eigenvalue weighted by Gasteiger charge is -2.44. The van der Waals surface area contributed by atoms with E-state index in [1.54, 1.807) is 0 Å². The molecule has 3 N–H and O–H groups in total. The number of amides is 2. The Morgan fingerprint density at radius 3 is 1.60 bits per heavy atom. The van der Waals surface area contributed by atoms with Gasteiger partial charge in [-0.15, -0.1) is 0 Å². The molecule has 0 saturated carbocycles. The molecule has 8 nitrogen and oxygen atoms in total. The summed E-state index contributed by atoms with van der Waals surface area (Å²) in [5, 5.41) is 11.2. The van der Waals surface area contributed by atoms with Gasteiger partial charge in [-0.3, -0.25) is 15.3 Å². The fourth-order valence-corrected chi connectivity index (χ4v) is 11.1. The smallest absolute Gasteiger partial charge is 0.460 e. The molecule has 2 atom stereocenters. The molecule has 2 aromatic rings. The average Bonchev–Trinajstić information content (AvgIpc) is 3.21. The zero-order valence-corrected chi connectivity index (χ0v) is 36.8. The Morgan fingerprint density at radius 2 is 1.15 bits per heavy atom. The first-order chi connectivity index (χ1) is 30.2. The second-order valence-electron chi connectivity index (χ2n) is 15.8. The van der Waals surface area contributed by atoms with Gasteiger partial charge in [-0.25, -0.2) is 19.1 Å². The highest BCUT2D eigenvalue weighted by atomic mass is 28.4. The maximum absolute atomic E-state index is 15.0. The number of carbonyl (C=O) groups is 2. The number of hydrogen-bond acceptors (Lipinski definition) is 6. The third-order valence-corrected chi connectivity index (χ3v) is 16.8. The quantitative estimate of drug-likeness (QED) is 0.0271. The summed E-state index contributed by atoms with van der Waals surface area (Å²) in [6.45, 7) is 8.29. The molecule has 0 heterocycles. The second-order valence-corrected chi connectivity index (χ2v) is 20.8. The van der Waals surface area contributed by atoms with Crippen molar-refractivity contribution in [2.24, 2.45) is 5.92 Å². The normalized spacial score (nSPS) is 15.3. The minimum atomic E-state index is -8.73. The lowest BCUT2D eigenvalue weighted by atomic mass is 9.88. The fraction of sp³-hybridized carbons (Fsp3) is 0.590.